The standard InChI is InChI=1S/C18H20O4/c1-10-15(11-5-7-12(21-3)8-6-11)16-17(20)13(22-4)9-14(19)18(10,16)2/h5-10,15-16H,1-4H3/t10-,15+,16?,18+/m0/s1. The van der Waals surface area contributed by atoms with Gasteiger partial charge in [-0.25, -0.2) is 0 Å². The molecule has 0 radical (unpaired) electrons. The van der Waals surface area contributed by atoms with E-state index in [9.17, 15) is 9.59 Å². The lowest BCUT2D eigenvalue weighted by Gasteiger charge is -2.58. The average molecular weight is 300 g/mol. The minimum absolute atomic E-state index is 0.00814. The Morgan fingerprint density at radius 1 is 1.05 bits per heavy atom. The number of allylic oxidation sites excluding steroid dienone is 2. The number of carbonyl (C=O) groups excluding carboxylic acids is 2. The maximum atomic E-state index is 12.7. The van der Waals surface area contributed by atoms with Crippen LogP contribution in [-0.4, -0.2) is 25.8 Å². The summed E-state index contributed by atoms with van der Waals surface area (Å²) in [5, 5.41) is 0. The predicted molar refractivity (Wildman–Crippen MR) is 81.6 cm³/mol. The molecule has 1 saturated carbocycles. The normalized spacial score (nSPS) is 33.6. The molecule has 2 aliphatic rings. The number of ketones is 2. The molecular formula is C18H20O4. The second-order valence-corrected chi connectivity index (χ2v) is 6.29. The second kappa shape index (κ2) is 4.97. The number of carbonyl (C=O) groups is 2. The number of benzene rings is 1. The van der Waals surface area contributed by atoms with Gasteiger partial charge in [-0.05, 0) is 29.5 Å². The zero-order chi connectivity index (χ0) is 16.1. The van der Waals surface area contributed by atoms with Crippen molar-refractivity contribution in [1.82, 2.24) is 0 Å². The molecule has 1 aromatic rings. The fraction of sp³-hybridized carbons (Fsp3) is 0.444. The summed E-state index contributed by atoms with van der Waals surface area (Å²) in [6.07, 6.45) is 1.36. The van der Waals surface area contributed by atoms with Gasteiger partial charge in [0.15, 0.2) is 11.5 Å². The van der Waals surface area contributed by atoms with E-state index in [0.717, 1.165) is 11.3 Å². The topological polar surface area (TPSA) is 52.6 Å². The van der Waals surface area contributed by atoms with Crippen LogP contribution >= 0.6 is 0 Å². The molecule has 4 atom stereocenters. The summed E-state index contributed by atoms with van der Waals surface area (Å²) in [6.45, 7) is 3.94. The van der Waals surface area contributed by atoms with Crippen molar-refractivity contribution < 1.29 is 19.1 Å². The van der Waals surface area contributed by atoms with Crippen LogP contribution in [0.25, 0.3) is 0 Å². The molecule has 0 bridgehead atoms. The highest BCUT2D eigenvalue weighted by Gasteiger charge is 2.65. The molecular weight excluding hydrogens is 280 g/mol. The van der Waals surface area contributed by atoms with Crippen molar-refractivity contribution in [2.24, 2.45) is 17.3 Å². The number of ether oxygens (including phenoxy) is 2. The summed E-state index contributed by atoms with van der Waals surface area (Å²) in [5.74, 6) is 0.682. The van der Waals surface area contributed by atoms with Crippen molar-refractivity contribution in [2.75, 3.05) is 14.2 Å². The molecule has 0 heterocycles. The van der Waals surface area contributed by atoms with Crippen LogP contribution in [-0.2, 0) is 14.3 Å². The van der Waals surface area contributed by atoms with Gasteiger partial charge in [0.25, 0.3) is 0 Å². The first-order valence-electron chi connectivity index (χ1n) is 7.43. The predicted octanol–water partition coefficient (Wildman–Crippen LogP) is 2.73. The Hall–Kier alpha value is -2.10. The monoisotopic (exact) mass is 300 g/mol. The third-order valence-electron chi connectivity index (χ3n) is 5.53. The summed E-state index contributed by atoms with van der Waals surface area (Å²) in [7, 11) is 3.06. The van der Waals surface area contributed by atoms with Gasteiger partial charge in [-0.15, -0.1) is 0 Å². The Morgan fingerprint density at radius 3 is 2.23 bits per heavy atom. The number of hydrogen-bond acceptors (Lipinski definition) is 4. The van der Waals surface area contributed by atoms with Gasteiger partial charge in [0.05, 0.1) is 14.2 Å². The van der Waals surface area contributed by atoms with E-state index in [1.807, 2.05) is 38.1 Å². The Morgan fingerprint density at radius 2 is 1.68 bits per heavy atom. The summed E-state index contributed by atoms with van der Waals surface area (Å²) < 4.78 is 10.3. The summed E-state index contributed by atoms with van der Waals surface area (Å²) >= 11 is 0. The van der Waals surface area contributed by atoms with Crippen LogP contribution in [0.15, 0.2) is 36.1 Å². The number of rotatable bonds is 3. The fourth-order valence-electron chi connectivity index (χ4n) is 3.98. The number of hydrogen-bond donors (Lipinski definition) is 0. The van der Waals surface area contributed by atoms with Gasteiger partial charge in [-0.2, -0.15) is 0 Å². The van der Waals surface area contributed by atoms with E-state index in [4.69, 9.17) is 9.47 Å². The highest BCUT2D eigenvalue weighted by Crippen LogP contribution is 2.63. The maximum Gasteiger partial charge on any atom is 0.202 e. The minimum Gasteiger partial charge on any atom is -0.497 e. The third-order valence-corrected chi connectivity index (χ3v) is 5.53. The number of fused-ring (bicyclic) bond motifs is 1. The largest absolute Gasteiger partial charge is 0.497 e. The highest BCUT2D eigenvalue weighted by molar-refractivity contribution is 6.13. The molecule has 22 heavy (non-hydrogen) atoms. The van der Waals surface area contributed by atoms with E-state index < -0.39 is 5.41 Å². The van der Waals surface area contributed by atoms with Crippen LogP contribution in [0.3, 0.4) is 0 Å². The van der Waals surface area contributed by atoms with Gasteiger partial charge in [-0.3, -0.25) is 9.59 Å². The summed E-state index contributed by atoms with van der Waals surface area (Å²) in [5.41, 5.74) is 0.443. The molecule has 2 aliphatic carbocycles. The molecule has 116 valence electrons. The molecule has 0 amide bonds. The van der Waals surface area contributed by atoms with Gasteiger partial charge in [-0.1, -0.05) is 26.0 Å². The third kappa shape index (κ3) is 1.76. The first-order valence-corrected chi connectivity index (χ1v) is 7.43. The Balaban J connectivity index is 2.00. The number of methoxy groups -OCH3 is 2. The maximum absolute atomic E-state index is 12.7. The summed E-state index contributed by atoms with van der Waals surface area (Å²) in [4.78, 5) is 25.1. The van der Waals surface area contributed by atoms with E-state index in [-0.39, 0.29) is 35.1 Å². The van der Waals surface area contributed by atoms with Gasteiger partial charge in [0, 0.05) is 17.4 Å². The zero-order valence-electron chi connectivity index (χ0n) is 13.3. The average Bonchev–Trinajstić information content (AvgIpc) is 2.54. The Kier molecular flexibility index (Phi) is 3.35. The first kappa shape index (κ1) is 14.8. The van der Waals surface area contributed by atoms with Crippen LogP contribution in [0.2, 0.25) is 0 Å². The SMILES string of the molecule is COC1=CC(=O)[C@]2(C)C(C1=O)[C@@H](c1ccc(OC)cc1)[C@@H]2C. The lowest BCUT2D eigenvalue weighted by atomic mass is 9.42. The van der Waals surface area contributed by atoms with Gasteiger partial charge in [0.1, 0.15) is 5.75 Å². The van der Waals surface area contributed by atoms with E-state index in [0.29, 0.717) is 0 Å². The van der Waals surface area contributed by atoms with E-state index >= 15 is 0 Å². The van der Waals surface area contributed by atoms with Crippen LogP contribution in [0.5, 0.6) is 5.75 Å². The van der Waals surface area contributed by atoms with Crippen LogP contribution < -0.4 is 4.74 Å². The molecule has 0 aromatic heterocycles. The van der Waals surface area contributed by atoms with Gasteiger partial charge in [0.2, 0.25) is 5.78 Å². The Labute approximate surface area is 130 Å². The molecule has 0 spiro atoms. The van der Waals surface area contributed by atoms with Crippen molar-refractivity contribution in [3.63, 3.8) is 0 Å². The van der Waals surface area contributed by atoms with Crippen molar-refractivity contribution in [3.8, 4) is 5.75 Å². The lowest BCUT2D eigenvalue weighted by Crippen LogP contribution is -2.61. The van der Waals surface area contributed by atoms with Crippen LogP contribution in [0.1, 0.15) is 25.3 Å². The molecule has 4 nitrogen and oxygen atoms in total. The van der Waals surface area contributed by atoms with E-state index in [1.165, 1.54) is 13.2 Å². The minimum atomic E-state index is -0.621. The van der Waals surface area contributed by atoms with E-state index in [2.05, 4.69) is 0 Å². The molecule has 0 N–H and O–H groups in total. The molecule has 4 heteroatoms. The highest BCUT2D eigenvalue weighted by atomic mass is 16.5. The van der Waals surface area contributed by atoms with Crippen molar-refractivity contribution in [2.45, 2.75) is 19.8 Å². The molecule has 0 aliphatic heterocycles. The quantitative estimate of drug-likeness (QED) is 0.861. The van der Waals surface area contributed by atoms with Crippen LogP contribution in [0, 0.1) is 17.3 Å². The molecule has 3 rings (SSSR count). The van der Waals surface area contributed by atoms with Crippen molar-refractivity contribution in [3.05, 3.63) is 41.7 Å². The summed E-state index contributed by atoms with van der Waals surface area (Å²) in [6, 6.07) is 7.73. The molecule has 1 aromatic carbocycles. The van der Waals surface area contributed by atoms with Crippen molar-refractivity contribution in [1.29, 1.82) is 0 Å². The zero-order valence-corrected chi connectivity index (χ0v) is 13.3. The van der Waals surface area contributed by atoms with Gasteiger partial charge < -0.3 is 9.47 Å². The van der Waals surface area contributed by atoms with E-state index in [1.54, 1.807) is 7.11 Å². The first-order chi connectivity index (χ1) is 10.4. The molecule has 1 unspecified atom stereocenters. The Bertz CT molecular complexity index is 658. The lowest BCUT2D eigenvalue weighted by molar-refractivity contribution is -0.159. The fourth-order valence-corrected chi connectivity index (χ4v) is 3.98. The second-order valence-electron chi connectivity index (χ2n) is 6.29. The van der Waals surface area contributed by atoms with Gasteiger partial charge >= 0.3 is 0 Å². The van der Waals surface area contributed by atoms with Crippen LogP contribution in [0.4, 0.5) is 0 Å². The molecule has 0 saturated heterocycles. The van der Waals surface area contributed by atoms with Crippen molar-refractivity contribution >= 4 is 11.6 Å². The smallest absolute Gasteiger partial charge is 0.202 e. The number of Topliss-reactive ketones (excluding diaryl/α,β-unsaturated/α-hetero) is 1. The molecule has 1 fully saturated rings.